The number of halogens is 1. The maximum absolute atomic E-state index is 11.6. The number of benzene rings is 1. The molecule has 0 unspecified atom stereocenters. The number of hydrogen-bond donors (Lipinski definition) is 2. The Balaban J connectivity index is 0.00000529. The highest BCUT2D eigenvalue weighted by molar-refractivity contribution is 14.0. The lowest BCUT2D eigenvalue weighted by Crippen LogP contribution is -2.38. The number of nitrogens with zero attached hydrogens (tertiary/aromatic N) is 1. The summed E-state index contributed by atoms with van der Waals surface area (Å²) < 4.78 is 23.3. The van der Waals surface area contributed by atoms with Gasteiger partial charge < -0.3 is 10.6 Å². The van der Waals surface area contributed by atoms with Crippen molar-refractivity contribution < 1.29 is 8.42 Å². The lowest BCUT2D eigenvalue weighted by Gasteiger charge is -2.19. The van der Waals surface area contributed by atoms with E-state index in [0.717, 1.165) is 30.1 Å². The zero-order chi connectivity index (χ0) is 17.7. The van der Waals surface area contributed by atoms with E-state index in [9.17, 15) is 8.42 Å². The zero-order valence-electron chi connectivity index (χ0n) is 15.4. The molecular weight excluding hydrogens is 437 g/mol. The van der Waals surface area contributed by atoms with Gasteiger partial charge in [-0.1, -0.05) is 32.9 Å². The Kier molecular flexibility index (Phi) is 9.27. The molecular formula is C17H30IN3O2S. The summed E-state index contributed by atoms with van der Waals surface area (Å²) in [5.41, 5.74) is 2.07. The van der Waals surface area contributed by atoms with Crippen LogP contribution in [0.25, 0.3) is 0 Å². The number of rotatable bonds is 5. The second kappa shape index (κ2) is 9.60. The van der Waals surface area contributed by atoms with Crippen LogP contribution in [-0.4, -0.2) is 34.2 Å². The molecule has 0 saturated heterocycles. The van der Waals surface area contributed by atoms with Crippen molar-refractivity contribution in [1.29, 1.82) is 0 Å². The first kappa shape index (κ1) is 23.2. The van der Waals surface area contributed by atoms with Crippen molar-refractivity contribution in [1.82, 2.24) is 10.6 Å². The zero-order valence-corrected chi connectivity index (χ0v) is 18.6. The van der Waals surface area contributed by atoms with E-state index >= 15 is 0 Å². The minimum absolute atomic E-state index is 0. The van der Waals surface area contributed by atoms with Crippen molar-refractivity contribution >= 4 is 39.8 Å². The summed E-state index contributed by atoms with van der Waals surface area (Å²) in [5.74, 6) is 0.749. The molecule has 0 aromatic heterocycles. The second-order valence-corrected chi connectivity index (χ2v) is 9.02. The fraction of sp³-hybridized carbons (Fsp3) is 0.588. The van der Waals surface area contributed by atoms with Crippen molar-refractivity contribution in [3.8, 4) is 0 Å². The van der Waals surface area contributed by atoms with E-state index in [1.165, 1.54) is 6.26 Å². The van der Waals surface area contributed by atoms with Crippen LogP contribution in [0.2, 0.25) is 0 Å². The minimum atomic E-state index is -3.17. The molecule has 0 radical (unpaired) electrons. The van der Waals surface area contributed by atoms with Crippen molar-refractivity contribution in [2.24, 2.45) is 10.4 Å². The quantitative estimate of drug-likeness (QED) is 0.397. The van der Waals surface area contributed by atoms with Crippen molar-refractivity contribution in [2.75, 3.05) is 19.8 Å². The van der Waals surface area contributed by atoms with E-state index in [2.05, 4.69) is 36.4 Å². The summed E-state index contributed by atoms with van der Waals surface area (Å²) in [6, 6.07) is 5.39. The Labute approximate surface area is 163 Å². The molecule has 0 aliphatic carbocycles. The summed E-state index contributed by atoms with van der Waals surface area (Å²) in [6.07, 6.45) is 2.28. The molecule has 0 atom stereocenters. The van der Waals surface area contributed by atoms with E-state index in [0.29, 0.717) is 11.4 Å². The molecule has 5 nitrogen and oxygen atoms in total. The monoisotopic (exact) mass is 467 g/mol. The minimum Gasteiger partial charge on any atom is -0.356 e. The van der Waals surface area contributed by atoms with Gasteiger partial charge in [0.1, 0.15) is 0 Å². The van der Waals surface area contributed by atoms with Gasteiger partial charge in [-0.2, -0.15) is 0 Å². The molecule has 24 heavy (non-hydrogen) atoms. The third kappa shape index (κ3) is 8.32. The van der Waals surface area contributed by atoms with E-state index in [1.807, 2.05) is 19.1 Å². The lowest BCUT2D eigenvalue weighted by molar-refractivity contribution is 0.377. The highest BCUT2D eigenvalue weighted by Gasteiger charge is 2.11. The van der Waals surface area contributed by atoms with Gasteiger partial charge in [-0.25, -0.2) is 8.42 Å². The van der Waals surface area contributed by atoms with Gasteiger partial charge >= 0.3 is 0 Å². The van der Waals surface area contributed by atoms with Crippen molar-refractivity contribution in [3.63, 3.8) is 0 Å². The van der Waals surface area contributed by atoms with Gasteiger partial charge in [-0.15, -0.1) is 24.0 Å². The molecule has 7 heteroatoms. The Morgan fingerprint density at radius 2 is 1.83 bits per heavy atom. The van der Waals surface area contributed by atoms with E-state index in [-0.39, 0.29) is 29.4 Å². The van der Waals surface area contributed by atoms with Crippen LogP contribution in [0.15, 0.2) is 28.1 Å². The normalized spacial score (nSPS) is 12.5. The summed E-state index contributed by atoms with van der Waals surface area (Å²) in [7, 11) is -1.43. The van der Waals surface area contributed by atoms with Crippen LogP contribution in [0, 0.1) is 12.3 Å². The van der Waals surface area contributed by atoms with E-state index < -0.39 is 9.84 Å². The first-order chi connectivity index (χ1) is 10.5. The molecule has 1 aromatic carbocycles. The second-order valence-electron chi connectivity index (χ2n) is 7.04. The highest BCUT2D eigenvalue weighted by Crippen LogP contribution is 2.17. The van der Waals surface area contributed by atoms with Gasteiger partial charge in [-0.3, -0.25) is 4.99 Å². The van der Waals surface area contributed by atoms with Crippen molar-refractivity contribution in [3.05, 3.63) is 29.3 Å². The molecule has 0 spiro atoms. The lowest BCUT2D eigenvalue weighted by atomic mass is 9.92. The average molecular weight is 467 g/mol. The SMILES string of the molecule is CN=C(NCCC(C)(C)C)NCc1ccc(S(C)(=O)=O)c(C)c1.I. The Morgan fingerprint density at radius 3 is 2.29 bits per heavy atom. The van der Waals surface area contributed by atoms with Crippen LogP contribution in [0.4, 0.5) is 0 Å². The predicted molar refractivity (Wildman–Crippen MR) is 112 cm³/mol. The number of nitrogens with one attached hydrogen (secondary N) is 2. The van der Waals surface area contributed by atoms with Gasteiger partial charge in [0.2, 0.25) is 0 Å². The summed E-state index contributed by atoms with van der Waals surface area (Å²) >= 11 is 0. The molecule has 0 saturated carbocycles. The largest absolute Gasteiger partial charge is 0.356 e. The Hall–Kier alpha value is -0.830. The summed E-state index contributed by atoms with van der Waals surface area (Å²) in [5, 5.41) is 6.54. The van der Waals surface area contributed by atoms with Gasteiger partial charge in [-0.05, 0) is 36.0 Å². The molecule has 138 valence electrons. The molecule has 0 heterocycles. The van der Waals surface area contributed by atoms with E-state index in [1.54, 1.807) is 13.1 Å². The third-order valence-corrected chi connectivity index (χ3v) is 4.75. The van der Waals surface area contributed by atoms with E-state index in [4.69, 9.17) is 0 Å². The van der Waals surface area contributed by atoms with Crippen LogP contribution < -0.4 is 10.6 Å². The van der Waals surface area contributed by atoms with Gasteiger partial charge in [0.15, 0.2) is 15.8 Å². The Bertz CT molecular complexity index is 665. The van der Waals surface area contributed by atoms with Crippen LogP contribution in [0.1, 0.15) is 38.3 Å². The van der Waals surface area contributed by atoms with Gasteiger partial charge in [0, 0.05) is 26.4 Å². The first-order valence-corrected chi connectivity index (χ1v) is 9.66. The predicted octanol–water partition coefficient (Wildman–Crippen LogP) is 3.12. The molecule has 1 aromatic rings. The Morgan fingerprint density at radius 1 is 1.21 bits per heavy atom. The molecule has 0 aliphatic rings. The van der Waals surface area contributed by atoms with Crippen LogP contribution in [0.5, 0.6) is 0 Å². The third-order valence-electron chi connectivity index (χ3n) is 3.49. The van der Waals surface area contributed by atoms with Gasteiger partial charge in [0.25, 0.3) is 0 Å². The summed E-state index contributed by atoms with van der Waals surface area (Å²) in [4.78, 5) is 4.58. The van der Waals surface area contributed by atoms with Crippen LogP contribution >= 0.6 is 24.0 Å². The fourth-order valence-corrected chi connectivity index (χ4v) is 3.16. The smallest absolute Gasteiger partial charge is 0.191 e. The number of aryl methyl sites for hydroxylation is 1. The number of guanidine groups is 1. The molecule has 0 aliphatic heterocycles. The maximum Gasteiger partial charge on any atom is 0.191 e. The molecule has 0 fully saturated rings. The topological polar surface area (TPSA) is 70.6 Å². The highest BCUT2D eigenvalue weighted by atomic mass is 127. The standard InChI is InChI=1S/C17H29N3O2S.HI/c1-13-11-14(7-8-15(13)23(6,21)22)12-20-16(18-5)19-10-9-17(2,3)4;/h7-8,11H,9-10,12H2,1-6H3,(H2,18,19,20);1H. The van der Waals surface area contributed by atoms with Crippen LogP contribution in [-0.2, 0) is 16.4 Å². The van der Waals surface area contributed by atoms with Crippen LogP contribution in [0.3, 0.4) is 0 Å². The average Bonchev–Trinajstić information content (AvgIpc) is 2.40. The molecule has 1 rings (SSSR count). The fourth-order valence-electron chi connectivity index (χ4n) is 2.20. The maximum atomic E-state index is 11.6. The molecule has 0 amide bonds. The number of hydrogen-bond acceptors (Lipinski definition) is 3. The van der Waals surface area contributed by atoms with Crippen molar-refractivity contribution in [2.45, 2.75) is 45.6 Å². The number of sulfone groups is 1. The molecule has 2 N–H and O–H groups in total. The first-order valence-electron chi connectivity index (χ1n) is 7.77. The number of aliphatic imine (C=N–C) groups is 1. The van der Waals surface area contributed by atoms with Gasteiger partial charge in [0.05, 0.1) is 4.90 Å². The molecule has 0 bridgehead atoms. The summed E-state index contributed by atoms with van der Waals surface area (Å²) in [6.45, 7) is 9.89.